The average Bonchev–Trinajstić information content (AvgIpc) is 2.50. The predicted octanol–water partition coefficient (Wildman–Crippen LogP) is 4.15. The molecule has 4 heteroatoms. The molecule has 1 N–H and O–H groups in total. The molecule has 3 rings (SSSR count). The largest absolute Gasteiger partial charge is 0.486 e. The van der Waals surface area contributed by atoms with Gasteiger partial charge in [0, 0.05) is 15.7 Å². The number of ether oxygens (including phenoxy) is 1. The molecule has 2 unspecified atom stereocenters. The zero-order valence-corrected chi connectivity index (χ0v) is 12.7. The fourth-order valence-electron chi connectivity index (χ4n) is 2.47. The number of thioether (sulfide) groups is 1. The zero-order valence-electron chi connectivity index (χ0n) is 11.2. The number of fused-ring (bicyclic) bond motifs is 1. The second-order valence-corrected chi connectivity index (χ2v) is 6.17. The number of nitrogens with one attached hydrogen (secondary N) is 1. The molecule has 0 bridgehead atoms. The van der Waals surface area contributed by atoms with Crippen LogP contribution in [0.1, 0.15) is 11.6 Å². The number of benzene rings is 2. The molecule has 1 aliphatic rings. The summed E-state index contributed by atoms with van der Waals surface area (Å²) >= 11 is 8.15. The predicted molar refractivity (Wildman–Crippen MR) is 84.8 cm³/mol. The molecule has 0 saturated carbocycles. The lowest BCUT2D eigenvalue weighted by atomic mass is 10.0. The number of likely N-dealkylation sites (N-methyl/N-ethyl adjacent to an activating group) is 1. The Hall–Kier alpha value is -1.16. The molecule has 0 amide bonds. The third-order valence-corrected chi connectivity index (χ3v) is 4.94. The molecule has 2 aromatic rings. The van der Waals surface area contributed by atoms with Gasteiger partial charge in [-0.05, 0) is 30.8 Å². The van der Waals surface area contributed by atoms with Gasteiger partial charge < -0.3 is 10.1 Å². The Morgan fingerprint density at radius 1 is 1.20 bits per heavy atom. The van der Waals surface area contributed by atoms with Crippen molar-refractivity contribution in [2.45, 2.75) is 17.0 Å². The summed E-state index contributed by atoms with van der Waals surface area (Å²) in [7, 11) is 1.95. The SMILES string of the molecule is CNC(c1ccccc1Cl)C1CSc2ccccc2O1. The van der Waals surface area contributed by atoms with Gasteiger partial charge in [-0.2, -0.15) is 0 Å². The van der Waals surface area contributed by atoms with E-state index in [0.717, 1.165) is 22.1 Å². The summed E-state index contributed by atoms with van der Waals surface area (Å²) in [6.07, 6.45) is 0.0693. The van der Waals surface area contributed by atoms with Gasteiger partial charge in [0.15, 0.2) is 0 Å². The van der Waals surface area contributed by atoms with Crippen LogP contribution >= 0.6 is 23.4 Å². The normalized spacial score (nSPS) is 19.0. The summed E-state index contributed by atoms with van der Waals surface area (Å²) in [4.78, 5) is 1.21. The van der Waals surface area contributed by atoms with Crippen LogP contribution in [0, 0.1) is 0 Å². The smallest absolute Gasteiger partial charge is 0.133 e. The molecule has 0 fully saturated rings. The highest BCUT2D eigenvalue weighted by atomic mass is 35.5. The molecule has 104 valence electrons. The summed E-state index contributed by atoms with van der Waals surface area (Å²) in [6.45, 7) is 0. The molecule has 1 heterocycles. The first-order valence-corrected chi connectivity index (χ1v) is 7.96. The molecule has 0 radical (unpaired) electrons. The Kier molecular flexibility index (Phi) is 4.20. The summed E-state index contributed by atoms with van der Waals surface area (Å²) in [5.74, 6) is 1.87. The standard InChI is InChI=1S/C16H16ClNOS/c1-18-16(11-6-2-3-7-12(11)17)14-10-20-15-9-5-4-8-13(15)19-14/h2-9,14,16,18H,10H2,1H3. The van der Waals surface area contributed by atoms with E-state index in [2.05, 4.69) is 17.4 Å². The maximum Gasteiger partial charge on any atom is 0.133 e. The number of hydrogen-bond acceptors (Lipinski definition) is 3. The van der Waals surface area contributed by atoms with Crippen LogP contribution < -0.4 is 10.1 Å². The van der Waals surface area contributed by atoms with Crippen LogP contribution in [-0.2, 0) is 0 Å². The Balaban J connectivity index is 1.87. The van der Waals surface area contributed by atoms with E-state index in [0.29, 0.717) is 0 Å². The number of para-hydroxylation sites is 1. The van der Waals surface area contributed by atoms with Crippen molar-refractivity contribution in [2.24, 2.45) is 0 Å². The van der Waals surface area contributed by atoms with Crippen LogP contribution in [0.15, 0.2) is 53.4 Å². The molecule has 1 aliphatic heterocycles. The Bertz CT molecular complexity index is 605. The van der Waals surface area contributed by atoms with Gasteiger partial charge in [-0.25, -0.2) is 0 Å². The van der Waals surface area contributed by atoms with Gasteiger partial charge in [0.05, 0.1) is 6.04 Å². The molecule has 2 aromatic carbocycles. The van der Waals surface area contributed by atoms with E-state index < -0.39 is 0 Å². The zero-order chi connectivity index (χ0) is 13.9. The maximum absolute atomic E-state index is 6.31. The minimum atomic E-state index is 0.0693. The Labute approximate surface area is 128 Å². The van der Waals surface area contributed by atoms with Crippen molar-refractivity contribution in [1.29, 1.82) is 0 Å². The maximum atomic E-state index is 6.31. The van der Waals surface area contributed by atoms with E-state index in [1.54, 1.807) is 0 Å². The van der Waals surface area contributed by atoms with Gasteiger partial charge in [-0.3, -0.25) is 0 Å². The number of hydrogen-bond donors (Lipinski definition) is 1. The van der Waals surface area contributed by atoms with Crippen molar-refractivity contribution in [3.63, 3.8) is 0 Å². The Morgan fingerprint density at radius 3 is 2.75 bits per heavy atom. The van der Waals surface area contributed by atoms with E-state index in [1.807, 2.05) is 55.2 Å². The fraction of sp³-hybridized carbons (Fsp3) is 0.250. The summed E-state index contributed by atoms with van der Waals surface area (Å²) in [5.41, 5.74) is 1.08. The van der Waals surface area contributed by atoms with Gasteiger partial charge in [-0.15, -0.1) is 11.8 Å². The van der Waals surface area contributed by atoms with Gasteiger partial charge in [0.2, 0.25) is 0 Å². The molecular weight excluding hydrogens is 290 g/mol. The first-order chi connectivity index (χ1) is 9.79. The van der Waals surface area contributed by atoms with Gasteiger partial charge in [0.1, 0.15) is 11.9 Å². The lowest BCUT2D eigenvalue weighted by molar-refractivity contribution is 0.171. The minimum absolute atomic E-state index is 0.0693. The summed E-state index contributed by atoms with van der Waals surface area (Å²) < 4.78 is 6.15. The third kappa shape index (κ3) is 2.66. The number of halogens is 1. The molecular formula is C16H16ClNOS. The van der Waals surface area contributed by atoms with Crippen molar-refractivity contribution >= 4 is 23.4 Å². The Morgan fingerprint density at radius 2 is 1.95 bits per heavy atom. The summed E-state index contributed by atoms with van der Waals surface area (Å²) in [5, 5.41) is 4.11. The van der Waals surface area contributed by atoms with Crippen LogP contribution in [0.5, 0.6) is 5.75 Å². The van der Waals surface area contributed by atoms with Crippen LogP contribution in [0.3, 0.4) is 0 Å². The highest BCUT2D eigenvalue weighted by Gasteiger charge is 2.29. The summed E-state index contributed by atoms with van der Waals surface area (Å²) in [6, 6.07) is 16.2. The second-order valence-electron chi connectivity index (χ2n) is 4.70. The van der Waals surface area contributed by atoms with Gasteiger partial charge in [-0.1, -0.05) is 41.9 Å². The fourth-order valence-corrected chi connectivity index (χ4v) is 3.76. The van der Waals surface area contributed by atoms with Gasteiger partial charge in [0.25, 0.3) is 0 Å². The highest BCUT2D eigenvalue weighted by Crippen LogP contribution is 2.39. The highest BCUT2D eigenvalue weighted by molar-refractivity contribution is 7.99. The van der Waals surface area contributed by atoms with Crippen LogP contribution in [0.25, 0.3) is 0 Å². The van der Waals surface area contributed by atoms with Crippen molar-refractivity contribution in [2.75, 3.05) is 12.8 Å². The van der Waals surface area contributed by atoms with Crippen molar-refractivity contribution in [1.82, 2.24) is 5.32 Å². The van der Waals surface area contributed by atoms with E-state index in [9.17, 15) is 0 Å². The van der Waals surface area contributed by atoms with Crippen molar-refractivity contribution in [3.8, 4) is 5.75 Å². The lowest BCUT2D eigenvalue weighted by Gasteiger charge is -2.32. The third-order valence-electron chi connectivity index (χ3n) is 3.45. The quantitative estimate of drug-likeness (QED) is 0.920. The van der Waals surface area contributed by atoms with Crippen LogP contribution in [-0.4, -0.2) is 18.9 Å². The van der Waals surface area contributed by atoms with E-state index in [4.69, 9.17) is 16.3 Å². The topological polar surface area (TPSA) is 21.3 Å². The molecule has 20 heavy (non-hydrogen) atoms. The minimum Gasteiger partial charge on any atom is -0.486 e. The molecule has 2 atom stereocenters. The van der Waals surface area contributed by atoms with Crippen LogP contribution in [0.2, 0.25) is 5.02 Å². The first-order valence-electron chi connectivity index (χ1n) is 6.60. The van der Waals surface area contributed by atoms with Gasteiger partial charge >= 0.3 is 0 Å². The molecule has 0 saturated heterocycles. The molecule has 0 aromatic heterocycles. The van der Waals surface area contributed by atoms with E-state index >= 15 is 0 Å². The number of rotatable bonds is 3. The van der Waals surface area contributed by atoms with Crippen molar-refractivity contribution in [3.05, 3.63) is 59.1 Å². The molecule has 2 nitrogen and oxygen atoms in total. The van der Waals surface area contributed by atoms with Crippen LogP contribution in [0.4, 0.5) is 0 Å². The first kappa shape index (κ1) is 13.8. The average molecular weight is 306 g/mol. The van der Waals surface area contributed by atoms with E-state index in [-0.39, 0.29) is 12.1 Å². The van der Waals surface area contributed by atoms with Crippen molar-refractivity contribution < 1.29 is 4.74 Å². The monoisotopic (exact) mass is 305 g/mol. The lowest BCUT2D eigenvalue weighted by Crippen LogP contribution is -2.37. The molecule has 0 aliphatic carbocycles. The second kappa shape index (κ2) is 6.08. The molecule has 0 spiro atoms. The van der Waals surface area contributed by atoms with E-state index in [1.165, 1.54) is 4.90 Å².